The summed E-state index contributed by atoms with van der Waals surface area (Å²) in [6, 6.07) is 9.23. The van der Waals surface area contributed by atoms with Gasteiger partial charge < -0.3 is 19.2 Å². The lowest BCUT2D eigenvalue weighted by molar-refractivity contribution is 0.196. The van der Waals surface area contributed by atoms with E-state index in [1.807, 2.05) is 24.3 Å². The van der Waals surface area contributed by atoms with Crippen molar-refractivity contribution in [3.8, 4) is 28.5 Å². The molecule has 0 saturated carbocycles. The molecule has 4 rings (SSSR count). The highest BCUT2D eigenvalue weighted by atomic mass is 16.5. The highest BCUT2D eigenvalue weighted by Crippen LogP contribution is 2.39. The van der Waals surface area contributed by atoms with Gasteiger partial charge in [-0.25, -0.2) is 4.98 Å². The fraction of sp³-hybridized carbons (Fsp3) is 0.375. The van der Waals surface area contributed by atoms with Crippen LogP contribution in [0.15, 0.2) is 47.5 Å². The van der Waals surface area contributed by atoms with Gasteiger partial charge >= 0.3 is 0 Å². The summed E-state index contributed by atoms with van der Waals surface area (Å²) in [5, 5.41) is 0. The molecule has 0 amide bonds. The van der Waals surface area contributed by atoms with Crippen molar-refractivity contribution in [1.82, 2.24) is 19.9 Å². The summed E-state index contributed by atoms with van der Waals surface area (Å²) in [6.07, 6.45) is 5.42. The number of pyridine rings is 1. The minimum atomic E-state index is -0.136. The van der Waals surface area contributed by atoms with Crippen LogP contribution in [-0.2, 0) is 6.54 Å². The van der Waals surface area contributed by atoms with E-state index in [1.54, 1.807) is 33.7 Å². The van der Waals surface area contributed by atoms with Crippen molar-refractivity contribution in [2.24, 2.45) is 0 Å². The highest BCUT2D eigenvalue weighted by molar-refractivity contribution is 5.57. The summed E-state index contributed by atoms with van der Waals surface area (Å²) in [7, 11) is 4.84. The lowest BCUT2D eigenvalue weighted by atomic mass is 9.96. The predicted molar refractivity (Wildman–Crippen MR) is 121 cm³/mol. The quantitative estimate of drug-likeness (QED) is 0.608. The molecule has 0 aliphatic carbocycles. The number of aromatic nitrogens is 3. The van der Waals surface area contributed by atoms with E-state index in [0.717, 1.165) is 49.4 Å². The summed E-state index contributed by atoms with van der Waals surface area (Å²) < 4.78 is 16.4. The van der Waals surface area contributed by atoms with Crippen LogP contribution in [0.3, 0.4) is 0 Å². The Labute approximate surface area is 187 Å². The van der Waals surface area contributed by atoms with Crippen LogP contribution in [0.2, 0.25) is 0 Å². The lowest BCUT2D eigenvalue weighted by Gasteiger charge is -2.32. The lowest BCUT2D eigenvalue weighted by Crippen LogP contribution is -2.35. The van der Waals surface area contributed by atoms with E-state index in [4.69, 9.17) is 19.2 Å². The van der Waals surface area contributed by atoms with Gasteiger partial charge in [-0.2, -0.15) is 0 Å². The SMILES string of the molecule is COc1cc(CN2CCCC(c3nc(-c4ccncc4)cc(=O)[nH]3)C2)cc(OC)c1OC. The van der Waals surface area contributed by atoms with Crippen molar-refractivity contribution in [3.63, 3.8) is 0 Å². The first-order chi connectivity index (χ1) is 15.6. The number of aromatic amines is 1. The van der Waals surface area contributed by atoms with Crippen molar-refractivity contribution < 1.29 is 14.2 Å². The first-order valence-electron chi connectivity index (χ1n) is 10.6. The van der Waals surface area contributed by atoms with Crippen LogP contribution in [0.4, 0.5) is 0 Å². The van der Waals surface area contributed by atoms with Gasteiger partial charge in [0, 0.05) is 43.0 Å². The molecular formula is C24H28N4O4. The van der Waals surface area contributed by atoms with Gasteiger partial charge in [-0.05, 0) is 49.2 Å². The Kier molecular flexibility index (Phi) is 6.70. The molecule has 32 heavy (non-hydrogen) atoms. The molecular weight excluding hydrogens is 408 g/mol. The monoisotopic (exact) mass is 436 g/mol. The largest absolute Gasteiger partial charge is 0.493 e. The zero-order valence-electron chi connectivity index (χ0n) is 18.6. The number of ether oxygens (including phenoxy) is 3. The number of hydrogen-bond donors (Lipinski definition) is 1. The summed E-state index contributed by atoms with van der Waals surface area (Å²) >= 11 is 0. The second-order valence-corrected chi connectivity index (χ2v) is 7.86. The maximum absolute atomic E-state index is 12.3. The number of methoxy groups -OCH3 is 3. The summed E-state index contributed by atoms with van der Waals surface area (Å²) in [4.78, 5) is 26.5. The molecule has 1 aliphatic rings. The molecule has 0 bridgehead atoms. The zero-order valence-corrected chi connectivity index (χ0v) is 18.6. The molecule has 1 aromatic carbocycles. The topological polar surface area (TPSA) is 89.6 Å². The minimum Gasteiger partial charge on any atom is -0.493 e. The molecule has 3 heterocycles. The molecule has 1 unspecified atom stereocenters. The zero-order chi connectivity index (χ0) is 22.5. The third kappa shape index (κ3) is 4.75. The Morgan fingerprint density at radius 3 is 2.44 bits per heavy atom. The minimum absolute atomic E-state index is 0.136. The standard InChI is InChI=1S/C24H28N4O4/c1-30-20-11-16(12-21(31-2)23(20)32-3)14-28-10-4-5-18(15-28)24-26-19(13-22(29)27-24)17-6-8-25-9-7-17/h6-9,11-13,18H,4-5,10,14-15H2,1-3H3,(H,26,27,29). The first kappa shape index (κ1) is 21.8. The normalized spacial score (nSPS) is 16.5. The van der Waals surface area contributed by atoms with Gasteiger partial charge in [0.2, 0.25) is 5.75 Å². The number of nitrogens with zero attached hydrogens (tertiary/aromatic N) is 3. The van der Waals surface area contributed by atoms with Crippen LogP contribution in [-0.4, -0.2) is 54.3 Å². The van der Waals surface area contributed by atoms with Crippen LogP contribution >= 0.6 is 0 Å². The molecule has 3 aromatic rings. The highest BCUT2D eigenvalue weighted by Gasteiger charge is 2.24. The second-order valence-electron chi connectivity index (χ2n) is 7.86. The van der Waals surface area contributed by atoms with Crippen molar-refractivity contribution in [3.05, 3.63) is 64.5 Å². The van der Waals surface area contributed by atoms with Gasteiger partial charge in [0.25, 0.3) is 5.56 Å². The predicted octanol–water partition coefficient (Wildman–Crippen LogP) is 3.24. The van der Waals surface area contributed by atoms with Gasteiger partial charge in [-0.3, -0.25) is 14.7 Å². The number of H-pyrrole nitrogens is 1. The van der Waals surface area contributed by atoms with Crippen molar-refractivity contribution in [2.45, 2.75) is 25.3 Å². The van der Waals surface area contributed by atoms with Gasteiger partial charge in [0.15, 0.2) is 11.5 Å². The molecule has 168 valence electrons. The molecule has 2 aromatic heterocycles. The van der Waals surface area contributed by atoms with Crippen molar-refractivity contribution in [1.29, 1.82) is 0 Å². The number of rotatable bonds is 7. The maximum atomic E-state index is 12.3. The molecule has 1 aliphatic heterocycles. The number of piperidine rings is 1. The number of hydrogen-bond acceptors (Lipinski definition) is 7. The maximum Gasteiger partial charge on any atom is 0.251 e. The first-order valence-corrected chi connectivity index (χ1v) is 10.6. The molecule has 8 nitrogen and oxygen atoms in total. The smallest absolute Gasteiger partial charge is 0.251 e. The fourth-order valence-electron chi connectivity index (χ4n) is 4.25. The molecule has 1 atom stereocenters. The van der Waals surface area contributed by atoms with Gasteiger partial charge in [0.1, 0.15) is 5.82 Å². The van der Waals surface area contributed by atoms with E-state index >= 15 is 0 Å². The molecule has 0 spiro atoms. The Balaban J connectivity index is 1.55. The van der Waals surface area contributed by atoms with Gasteiger partial charge in [0.05, 0.1) is 27.0 Å². The van der Waals surface area contributed by atoms with E-state index < -0.39 is 0 Å². The van der Waals surface area contributed by atoms with Crippen LogP contribution in [0.5, 0.6) is 17.2 Å². The molecule has 0 radical (unpaired) electrons. The number of nitrogens with one attached hydrogen (secondary N) is 1. The van der Waals surface area contributed by atoms with Gasteiger partial charge in [-0.15, -0.1) is 0 Å². The third-order valence-electron chi connectivity index (χ3n) is 5.76. The molecule has 8 heteroatoms. The van der Waals surface area contributed by atoms with E-state index in [2.05, 4.69) is 14.9 Å². The van der Waals surface area contributed by atoms with Crippen LogP contribution < -0.4 is 19.8 Å². The summed E-state index contributed by atoms with van der Waals surface area (Å²) in [5.74, 6) is 2.77. The number of benzene rings is 1. The molecule has 1 N–H and O–H groups in total. The Bertz CT molecular complexity index is 1090. The van der Waals surface area contributed by atoms with E-state index in [9.17, 15) is 4.79 Å². The molecule has 1 saturated heterocycles. The van der Waals surface area contributed by atoms with Gasteiger partial charge in [-0.1, -0.05) is 0 Å². The van der Waals surface area contributed by atoms with Crippen LogP contribution in [0, 0.1) is 0 Å². The molecule has 1 fully saturated rings. The van der Waals surface area contributed by atoms with Crippen molar-refractivity contribution in [2.75, 3.05) is 34.4 Å². The Morgan fingerprint density at radius 2 is 1.78 bits per heavy atom. The summed E-state index contributed by atoms with van der Waals surface area (Å²) in [5.41, 5.74) is 2.50. The second kappa shape index (κ2) is 9.82. The van der Waals surface area contributed by atoms with Crippen molar-refractivity contribution >= 4 is 0 Å². The van der Waals surface area contributed by atoms with Crippen LogP contribution in [0.25, 0.3) is 11.3 Å². The Morgan fingerprint density at radius 1 is 1.06 bits per heavy atom. The van der Waals surface area contributed by atoms with E-state index in [-0.39, 0.29) is 11.5 Å². The van der Waals surface area contributed by atoms with E-state index in [1.165, 1.54) is 6.07 Å². The van der Waals surface area contributed by atoms with E-state index in [0.29, 0.717) is 22.9 Å². The van der Waals surface area contributed by atoms with Crippen LogP contribution in [0.1, 0.15) is 30.1 Å². The average Bonchev–Trinajstić information content (AvgIpc) is 2.83. The fourth-order valence-corrected chi connectivity index (χ4v) is 4.25. The average molecular weight is 437 g/mol. The number of likely N-dealkylation sites (tertiary alicyclic amines) is 1. The Hall–Kier alpha value is -3.39. The summed E-state index contributed by atoms with van der Waals surface area (Å²) in [6.45, 7) is 2.52. The third-order valence-corrected chi connectivity index (χ3v) is 5.76.